The molecule has 1 fully saturated rings. The highest BCUT2D eigenvalue weighted by atomic mass is 19.4. The Balaban J connectivity index is 2.29. The summed E-state index contributed by atoms with van der Waals surface area (Å²) in [4.78, 5) is 11.4. The molecule has 0 unspecified atom stereocenters. The average Bonchev–Trinajstić information content (AvgIpc) is 2.47. The average molecular weight is 301 g/mol. The molecule has 1 aromatic carbocycles. The number of halogens is 3. The van der Waals surface area contributed by atoms with Gasteiger partial charge < -0.3 is 10.1 Å². The van der Waals surface area contributed by atoms with Crippen molar-refractivity contribution in [3.63, 3.8) is 0 Å². The van der Waals surface area contributed by atoms with Crippen LogP contribution in [0.4, 0.5) is 13.2 Å². The molecule has 1 saturated carbocycles. The van der Waals surface area contributed by atoms with Crippen molar-refractivity contribution in [3.8, 4) is 5.75 Å². The van der Waals surface area contributed by atoms with Crippen LogP contribution in [0.2, 0.25) is 0 Å². The van der Waals surface area contributed by atoms with Gasteiger partial charge in [0.05, 0.1) is 12.6 Å². The summed E-state index contributed by atoms with van der Waals surface area (Å²) in [6, 6.07) is 6.85. The molecule has 1 N–H and O–H groups in total. The van der Waals surface area contributed by atoms with Crippen LogP contribution in [0.5, 0.6) is 5.75 Å². The van der Waals surface area contributed by atoms with Gasteiger partial charge in [-0.05, 0) is 30.5 Å². The maximum atomic E-state index is 12.6. The number of hydrogen-bond acceptors (Lipinski definition) is 2. The van der Waals surface area contributed by atoms with E-state index < -0.39 is 17.6 Å². The van der Waals surface area contributed by atoms with E-state index in [9.17, 15) is 18.0 Å². The SMILES string of the molecule is COc1ccc(C2(NC(=O)C(F)(F)F)CCCCC2)cc1. The molecule has 0 atom stereocenters. The Kier molecular flexibility index (Phi) is 4.44. The number of hydrogen-bond donors (Lipinski definition) is 1. The van der Waals surface area contributed by atoms with Crippen molar-refractivity contribution in [1.82, 2.24) is 5.32 Å². The number of amides is 1. The topological polar surface area (TPSA) is 38.3 Å². The van der Waals surface area contributed by atoms with Gasteiger partial charge in [0.1, 0.15) is 5.75 Å². The summed E-state index contributed by atoms with van der Waals surface area (Å²) in [5, 5.41) is 2.22. The predicted octanol–water partition coefficient (Wildman–Crippen LogP) is 3.53. The van der Waals surface area contributed by atoms with Gasteiger partial charge in [0, 0.05) is 0 Å². The van der Waals surface area contributed by atoms with Crippen LogP contribution in [-0.2, 0) is 10.3 Å². The molecule has 0 spiro atoms. The Morgan fingerprint density at radius 2 is 1.71 bits per heavy atom. The quantitative estimate of drug-likeness (QED) is 0.927. The third-order valence-corrected chi connectivity index (χ3v) is 3.96. The van der Waals surface area contributed by atoms with Gasteiger partial charge in [0.2, 0.25) is 0 Å². The van der Waals surface area contributed by atoms with E-state index in [0.29, 0.717) is 24.2 Å². The van der Waals surface area contributed by atoms with E-state index in [-0.39, 0.29) is 0 Å². The number of alkyl halides is 3. The van der Waals surface area contributed by atoms with Gasteiger partial charge in [-0.1, -0.05) is 31.4 Å². The molecule has 6 heteroatoms. The molecular formula is C15H18F3NO2. The first-order valence-corrected chi connectivity index (χ1v) is 6.91. The monoisotopic (exact) mass is 301 g/mol. The van der Waals surface area contributed by atoms with Crippen molar-refractivity contribution in [2.75, 3.05) is 7.11 Å². The maximum absolute atomic E-state index is 12.6. The normalized spacial score (nSPS) is 18.1. The summed E-state index contributed by atoms with van der Waals surface area (Å²) in [6.45, 7) is 0. The molecular weight excluding hydrogens is 283 g/mol. The number of ether oxygens (including phenoxy) is 1. The van der Waals surface area contributed by atoms with Crippen LogP contribution in [0.25, 0.3) is 0 Å². The van der Waals surface area contributed by atoms with Crippen LogP contribution in [0.15, 0.2) is 24.3 Å². The van der Waals surface area contributed by atoms with Crippen LogP contribution in [0.1, 0.15) is 37.7 Å². The molecule has 0 aromatic heterocycles. The summed E-state index contributed by atoms with van der Waals surface area (Å²) in [5.74, 6) is -1.24. The molecule has 1 aliphatic rings. The van der Waals surface area contributed by atoms with E-state index in [1.165, 1.54) is 7.11 Å². The third kappa shape index (κ3) is 3.49. The zero-order valence-electron chi connectivity index (χ0n) is 11.8. The van der Waals surface area contributed by atoms with Crippen LogP contribution in [-0.4, -0.2) is 19.2 Å². The van der Waals surface area contributed by atoms with Gasteiger partial charge in [-0.15, -0.1) is 0 Å². The van der Waals surface area contributed by atoms with Gasteiger partial charge in [-0.3, -0.25) is 4.79 Å². The molecule has 3 nitrogen and oxygen atoms in total. The highest BCUT2D eigenvalue weighted by Gasteiger charge is 2.45. The van der Waals surface area contributed by atoms with Crippen LogP contribution < -0.4 is 10.1 Å². The number of carbonyl (C=O) groups is 1. The molecule has 1 aliphatic carbocycles. The summed E-state index contributed by atoms with van der Waals surface area (Å²) >= 11 is 0. The van der Waals surface area contributed by atoms with Crippen LogP contribution in [0.3, 0.4) is 0 Å². The number of nitrogens with one attached hydrogen (secondary N) is 1. The predicted molar refractivity (Wildman–Crippen MR) is 72.0 cm³/mol. The molecule has 21 heavy (non-hydrogen) atoms. The lowest BCUT2D eigenvalue weighted by Gasteiger charge is -2.39. The largest absolute Gasteiger partial charge is 0.497 e. The second-order valence-corrected chi connectivity index (χ2v) is 5.32. The fourth-order valence-electron chi connectivity index (χ4n) is 2.84. The molecule has 0 bridgehead atoms. The molecule has 0 aliphatic heterocycles. The van der Waals surface area contributed by atoms with Crippen molar-refractivity contribution in [2.24, 2.45) is 0 Å². The Bertz CT molecular complexity index is 491. The Labute approximate surface area is 121 Å². The second kappa shape index (κ2) is 5.95. The lowest BCUT2D eigenvalue weighted by atomic mass is 9.76. The minimum Gasteiger partial charge on any atom is -0.497 e. The Morgan fingerprint density at radius 3 is 2.19 bits per heavy atom. The number of methoxy groups -OCH3 is 1. The second-order valence-electron chi connectivity index (χ2n) is 5.32. The van der Waals surface area contributed by atoms with Crippen molar-refractivity contribution < 1.29 is 22.7 Å². The maximum Gasteiger partial charge on any atom is 0.471 e. The summed E-state index contributed by atoms with van der Waals surface area (Å²) in [6.07, 6.45) is -1.27. The molecule has 0 saturated heterocycles. The first-order valence-electron chi connectivity index (χ1n) is 6.91. The van der Waals surface area contributed by atoms with Gasteiger partial charge in [0.15, 0.2) is 0 Å². The fourth-order valence-corrected chi connectivity index (χ4v) is 2.84. The zero-order valence-corrected chi connectivity index (χ0v) is 11.8. The summed E-state index contributed by atoms with van der Waals surface area (Å²) < 4.78 is 42.8. The standard InChI is InChI=1S/C15H18F3NO2/c1-21-12-7-5-11(6-8-12)14(9-3-2-4-10-14)19-13(20)15(16,17)18/h5-8H,2-4,9-10H2,1H3,(H,19,20). The Morgan fingerprint density at radius 1 is 1.14 bits per heavy atom. The molecule has 116 valence electrons. The number of carbonyl (C=O) groups excluding carboxylic acids is 1. The number of rotatable bonds is 3. The number of benzene rings is 1. The van der Waals surface area contributed by atoms with Gasteiger partial charge in [0.25, 0.3) is 0 Å². The van der Waals surface area contributed by atoms with Gasteiger partial charge in [-0.25, -0.2) is 0 Å². The van der Waals surface area contributed by atoms with Crippen molar-refractivity contribution in [2.45, 2.75) is 43.8 Å². The van der Waals surface area contributed by atoms with Gasteiger partial charge in [-0.2, -0.15) is 13.2 Å². The van der Waals surface area contributed by atoms with Crippen LogP contribution >= 0.6 is 0 Å². The first kappa shape index (κ1) is 15.7. The highest BCUT2D eigenvalue weighted by Crippen LogP contribution is 2.38. The lowest BCUT2D eigenvalue weighted by Crippen LogP contribution is -2.51. The minimum absolute atomic E-state index is 0.515. The summed E-state index contributed by atoms with van der Waals surface area (Å²) in [7, 11) is 1.52. The first-order chi connectivity index (χ1) is 9.87. The lowest BCUT2D eigenvalue weighted by molar-refractivity contribution is -0.176. The molecule has 0 radical (unpaired) electrons. The van der Waals surface area contributed by atoms with Gasteiger partial charge >= 0.3 is 12.1 Å². The van der Waals surface area contributed by atoms with E-state index in [4.69, 9.17) is 4.74 Å². The van der Waals surface area contributed by atoms with E-state index in [0.717, 1.165) is 19.3 Å². The summed E-state index contributed by atoms with van der Waals surface area (Å²) in [5.41, 5.74) is -0.238. The van der Waals surface area contributed by atoms with E-state index in [2.05, 4.69) is 5.32 Å². The highest BCUT2D eigenvalue weighted by molar-refractivity contribution is 5.82. The van der Waals surface area contributed by atoms with E-state index >= 15 is 0 Å². The van der Waals surface area contributed by atoms with Crippen molar-refractivity contribution in [1.29, 1.82) is 0 Å². The van der Waals surface area contributed by atoms with E-state index in [1.807, 2.05) is 0 Å². The van der Waals surface area contributed by atoms with Crippen molar-refractivity contribution in [3.05, 3.63) is 29.8 Å². The van der Waals surface area contributed by atoms with Crippen molar-refractivity contribution >= 4 is 5.91 Å². The Hall–Kier alpha value is -1.72. The fraction of sp³-hybridized carbons (Fsp3) is 0.533. The molecule has 0 heterocycles. The smallest absolute Gasteiger partial charge is 0.471 e. The molecule has 2 rings (SSSR count). The zero-order chi connectivity index (χ0) is 15.5. The molecule has 1 aromatic rings. The van der Waals surface area contributed by atoms with E-state index in [1.54, 1.807) is 24.3 Å². The molecule has 1 amide bonds. The third-order valence-electron chi connectivity index (χ3n) is 3.96. The minimum atomic E-state index is -4.86. The van der Waals surface area contributed by atoms with Crippen LogP contribution in [0, 0.1) is 0 Å².